The first kappa shape index (κ1) is 12.7. The van der Waals surface area contributed by atoms with Gasteiger partial charge >= 0.3 is 0 Å². The van der Waals surface area contributed by atoms with Crippen LogP contribution in [0.4, 0.5) is 0 Å². The number of halogens is 1. The Morgan fingerprint density at radius 2 is 2.27 bits per heavy atom. The zero-order valence-corrected chi connectivity index (χ0v) is 10.8. The van der Waals surface area contributed by atoms with E-state index in [2.05, 4.69) is 19.2 Å². The minimum absolute atomic E-state index is 0.118. The third kappa shape index (κ3) is 3.59. The van der Waals surface area contributed by atoms with E-state index < -0.39 is 0 Å². The first-order valence-electron chi connectivity index (χ1n) is 5.09. The van der Waals surface area contributed by atoms with Gasteiger partial charge in [-0.2, -0.15) is 0 Å². The van der Waals surface area contributed by atoms with Gasteiger partial charge in [0.05, 0.1) is 15.9 Å². The van der Waals surface area contributed by atoms with Crippen molar-refractivity contribution in [3.05, 3.63) is 21.3 Å². The molecule has 0 saturated heterocycles. The summed E-state index contributed by atoms with van der Waals surface area (Å²) in [6, 6.07) is 1.94. The van der Waals surface area contributed by atoms with E-state index in [-0.39, 0.29) is 11.8 Å². The number of hydrogen-bond acceptors (Lipinski definition) is 3. The maximum absolute atomic E-state index is 11.9. The molecule has 1 rings (SSSR count). The van der Waals surface area contributed by atoms with Gasteiger partial charge < -0.3 is 5.32 Å². The molecular formula is C11H16ClNOS. The molecule has 0 aromatic carbocycles. The highest BCUT2D eigenvalue weighted by Gasteiger charge is 2.17. The predicted molar refractivity (Wildman–Crippen MR) is 66.0 cm³/mol. The average Bonchev–Trinajstić information content (AvgIpc) is 2.63. The van der Waals surface area contributed by atoms with Crippen molar-refractivity contribution in [2.45, 2.75) is 39.3 Å². The van der Waals surface area contributed by atoms with E-state index in [0.717, 1.165) is 11.3 Å². The van der Waals surface area contributed by atoms with Crippen molar-refractivity contribution in [3.8, 4) is 0 Å². The van der Waals surface area contributed by atoms with Crippen molar-refractivity contribution in [1.29, 1.82) is 0 Å². The van der Waals surface area contributed by atoms with Crippen LogP contribution in [0.15, 0.2) is 11.4 Å². The van der Waals surface area contributed by atoms with Crippen LogP contribution in [-0.2, 0) is 0 Å². The van der Waals surface area contributed by atoms with Gasteiger partial charge in [-0.3, -0.25) is 4.79 Å². The van der Waals surface area contributed by atoms with Gasteiger partial charge in [0.1, 0.15) is 0 Å². The topological polar surface area (TPSA) is 29.1 Å². The number of carbonyl (C=O) groups is 1. The second-order valence-electron chi connectivity index (χ2n) is 3.69. The Labute approximate surface area is 99.6 Å². The molecule has 2 unspecified atom stereocenters. The molecule has 0 fully saturated rings. The van der Waals surface area contributed by atoms with Crippen LogP contribution in [0.2, 0.25) is 5.02 Å². The van der Waals surface area contributed by atoms with Crippen LogP contribution in [0, 0.1) is 0 Å². The van der Waals surface area contributed by atoms with Crippen molar-refractivity contribution in [2.75, 3.05) is 0 Å². The van der Waals surface area contributed by atoms with Gasteiger partial charge in [-0.25, -0.2) is 0 Å². The number of nitrogens with one attached hydrogen (secondary N) is 1. The van der Waals surface area contributed by atoms with Crippen LogP contribution in [0.5, 0.6) is 0 Å². The number of Topliss-reactive ketones (excluding diaryl/α,β-unsaturated/α-hetero) is 1. The Bertz CT molecular complexity index is 337. The van der Waals surface area contributed by atoms with Crippen molar-refractivity contribution in [2.24, 2.45) is 0 Å². The molecule has 1 aromatic heterocycles. The van der Waals surface area contributed by atoms with Gasteiger partial charge in [-0.1, -0.05) is 18.5 Å². The van der Waals surface area contributed by atoms with Gasteiger partial charge in [0.2, 0.25) is 0 Å². The average molecular weight is 246 g/mol. The fraction of sp³-hybridized carbons (Fsp3) is 0.545. The van der Waals surface area contributed by atoms with Crippen molar-refractivity contribution in [3.63, 3.8) is 0 Å². The maximum Gasteiger partial charge on any atom is 0.189 e. The van der Waals surface area contributed by atoms with E-state index in [4.69, 9.17) is 11.6 Å². The first-order valence-corrected chi connectivity index (χ1v) is 6.34. The monoisotopic (exact) mass is 245 g/mol. The van der Waals surface area contributed by atoms with Crippen LogP contribution < -0.4 is 5.32 Å². The lowest BCUT2D eigenvalue weighted by Crippen LogP contribution is -2.39. The summed E-state index contributed by atoms with van der Waals surface area (Å²) in [5, 5.41) is 5.67. The molecule has 15 heavy (non-hydrogen) atoms. The third-order valence-electron chi connectivity index (χ3n) is 2.35. The van der Waals surface area contributed by atoms with Gasteiger partial charge in [0, 0.05) is 11.4 Å². The summed E-state index contributed by atoms with van der Waals surface area (Å²) in [5.74, 6) is 0.118. The van der Waals surface area contributed by atoms with Crippen molar-refractivity contribution in [1.82, 2.24) is 5.32 Å². The van der Waals surface area contributed by atoms with Gasteiger partial charge in [0.25, 0.3) is 0 Å². The lowest BCUT2D eigenvalue weighted by atomic mass is 10.1. The molecule has 0 aliphatic heterocycles. The van der Waals surface area contributed by atoms with Crippen LogP contribution >= 0.6 is 22.9 Å². The van der Waals surface area contributed by atoms with Crippen LogP contribution in [0.3, 0.4) is 0 Å². The van der Waals surface area contributed by atoms with E-state index in [1.807, 2.05) is 6.92 Å². The molecule has 0 amide bonds. The Morgan fingerprint density at radius 1 is 1.60 bits per heavy atom. The summed E-state index contributed by atoms with van der Waals surface area (Å²) in [4.78, 5) is 12.6. The maximum atomic E-state index is 11.9. The molecular weight excluding hydrogens is 230 g/mol. The number of thiophene rings is 1. The smallest absolute Gasteiger partial charge is 0.189 e. The largest absolute Gasteiger partial charge is 0.305 e. The molecule has 0 radical (unpaired) electrons. The molecule has 4 heteroatoms. The molecule has 1 aromatic rings. The van der Waals surface area contributed by atoms with Crippen LogP contribution in [0.1, 0.15) is 36.9 Å². The standard InChI is InChI=1S/C11H16ClNOS/c1-4-7(2)13-8(3)11(14)10-5-9(12)6-15-10/h5-8,13H,4H2,1-3H3. The van der Waals surface area contributed by atoms with E-state index in [1.165, 1.54) is 11.3 Å². The summed E-state index contributed by atoms with van der Waals surface area (Å²) in [6.45, 7) is 6.06. The van der Waals surface area contributed by atoms with E-state index in [9.17, 15) is 4.79 Å². The number of carbonyl (C=O) groups excluding carboxylic acids is 1. The zero-order valence-electron chi connectivity index (χ0n) is 9.21. The zero-order chi connectivity index (χ0) is 11.4. The quantitative estimate of drug-likeness (QED) is 0.806. The Balaban J connectivity index is 2.60. The molecule has 0 bridgehead atoms. The highest BCUT2D eigenvalue weighted by molar-refractivity contribution is 7.12. The normalized spacial score (nSPS) is 14.9. The molecule has 1 heterocycles. The summed E-state index contributed by atoms with van der Waals surface area (Å²) >= 11 is 7.18. The number of hydrogen-bond donors (Lipinski definition) is 1. The van der Waals surface area contributed by atoms with E-state index in [0.29, 0.717) is 11.1 Å². The number of rotatable bonds is 5. The van der Waals surface area contributed by atoms with Gasteiger partial charge in [0.15, 0.2) is 5.78 Å². The molecule has 0 saturated carbocycles. The molecule has 2 atom stereocenters. The highest BCUT2D eigenvalue weighted by atomic mass is 35.5. The Morgan fingerprint density at radius 3 is 2.73 bits per heavy atom. The molecule has 1 N–H and O–H groups in total. The minimum Gasteiger partial charge on any atom is -0.305 e. The second-order valence-corrected chi connectivity index (χ2v) is 5.04. The lowest BCUT2D eigenvalue weighted by molar-refractivity contribution is 0.0949. The fourth-order valence-corrected chi connectivity index (χ4v) is 2.38. The Hall–Kier alpha value is -0.380. The summed E-state index contributed by atoms with van der Waals surface area (Å²) in [6.07, 6.45) is 1.02. The minimum atomic E-state index is -0.144. The highest BCUT2D eigenvalue weighted by Crippen LogP contribution is 2.20. The molecule has 0 aliphatic rings. The molecule has 84 valence electrons. The fourth-order valence-electron chi connectivity index (χ4n) is 1.28. The number of ketones is 1. The van der Waals surface area contributed by atoms with Crippen molar-refractivity contribution >= 4 is 28.7 Å². The molecule has 0 spiro atoms. The van der Waals surface area contributed by atoms with Gasteiger partial charge in [-0.05, 0) is 26.3 Å². The summed E-state index contributed by atoms with van der Waals surface area (Å²) < 4.78 is 0. The predicted octanol–water partition coefficient (Wildman–Crippen LogP) is 3.36. The molecule has 0 aliphatic carbocycles. The first-order chi connectivity index (χ1) is 7.04. The summed E-state index contributed by atoms with van der Waals surface area (Å²) in [7, 11) is 0. The van der Waals surface area contributed by atoms with Gasteiger partial charge in [-0.15, -0.1) is 11.3 Å². The Kier molecular flexibility index (Phi) is 4.77. The van der Waals surface area contributed by atoms with E-state index >= 15 is 0 Å². The lowest BCUT2D eigenvalue weighted by Gasteiger charge is -2.16. The van der Waals surface area contributed by atoms with Crippen molar-refractivity contribution < 1.29 is 4.79 Å². The van der Waals surface area contributed by atoms with E-state index in [1.54, 1.807) is 11.4 Å². The van der Waals surface area contributed by atoms with Crippen LogP contribution in [0.25, 0.3) is 0 Å². The van der Waals surface area contributed by atoms with Crippen LogP contribution in [-0.4, -0.2) is 17.9 Å². The SMILES string of the molecule is CCC(C)NC(C)C(=O)c1cc(Cl)cs1. The third-order valence-corrected chi connectivity index (χ3v) is 3.64. The second kappa shape index (κ2) is 5.64. The summed E-state index contributed by atoms with van der Waals surface area (Å²) in [5.41, 5.74) is 0. The molecule has 2 nitrogen and oxygen atoms in total.